The summed E-state index contributed by atoms with van der Waals surface area (Å²) < 4.78 is 5.24. The first-order valence-electron chi connectivity index (χ1n) is 6.76. The molecule has 3 rings (SSSR count). The van der Waals surface area contributed by atoms with E-state index in [9.17, 15) is 0 Å². The van der Waals surface area contributed by atoms with Gasteiger partial charge in [-0.1, -0.05) is 47.6 Å². The van der Waals surface area contributed by atoms with E-state index < -0.39 is 0 Å². The van der Waals surface area contributed by atoms with Crippen LogP contribution in [0.2, 0.25) is 0 Å². The van der Waals surface area contributed by atoms with Gasteiger partial charge in [0.25, 0.3) is 0 Å². The van der Waals surface area contributed by atoms with Crippen molar-refractivity contribution in [2.75, 3.05) is 7.11 Å². The summed E-state index contributed by atoms with van der Waals surface area (Å²) in [5.74, 6) is 0.879. The molecule has 3 heteroatoms. The fourth-order valence-electron chi connectivity index (χ4n) is 2.40. The number of hydrogen-bond donors (Lipinski definition) is 0. The average Bonchev–Trinajstić information content (AvgIpc) is 2.97. The molecule has 0 aliphatic carbocycles. The Bertz CT molecular complexity index is 607. The Labute approximate surface area is 118 Å². The van der Waals surface area contributed by atoms with Crippen molar-refractivity contribution in [2.24, 2.45) is 5.16 Å². The van der Waals surface area contributed by atoms with Crippen molar-refractivity contribution < 1.29 is 9.57 Å². The molecule has 1 aliphatic rings. The lowest BCUT2D eigenvalue weighted by Crippen LogP contribution is -2.11. The van der Waals surface area contributed by atoms with Gasteiger partial charge in [-0.15, -0.1) is 0 Å². The molecule has 0 radical (unpaired) electrons. The molecule has 0 spiro atoms. The van der Waals surface area contributed by atoms with Crippen LogP contribution in [-0.4, -0.2) is 18.9 Å². The Morgan fingerprint density at radius 1 is 1.15 bits per heavy atom. The van der Waals surface area contributed by atoms with E-state index in [1.54, 1.807) is 7.11 Å². The lowest BCUT2D eigenvalue weighted by molar-refractivity contribution is 0.0859. The number of nitrogens with zero attached hydrogens (tertiary/aromatic N) is 1. The van der Waals surface area contributed by atoms with Gasteiger partial charge < -0.3 is 9.57 Å². The highest BCUT2D eigenvalue weighted by Crippen LogP contribution is 2.21. The van der Waals surface area contributed by atoms with Gasteiger partial charge in [0.05, 0.1) is 12.8 Å². The van der Waals surface area contributed by atoms with Gasteiger partial charge in [-0.25, -0.2) is 0 Å². The first-order chi connectivity index (χ1) is 9.85. The third-order valence-electron chi connectivity index (χ3n) is 3.44. The monoisotopic (exact) mass is 267 g/mol. The van der Waals surface area contributed by atoms with E-state index in [4.69, 9.17) is 9.57 Å². The minimum atomic E-state index is 0.109. The molecular weight excluding hydrogens is 250 g/mol. The molecule has 0 amide bonds. The first-order valence-corrected chi connectivity index (χ1v) is 6.76. The minimum absolute atomic E-state index is 0.109. The Morgan fingerprint density at radius 2 is 2.00 bits per heavy atom. The van der Waals surface area contributed by atoms with Crippen molar-refractivity contribution in [3.8, 4) is 5.75 Å². The quantitative estimate of drug-likeness (QED) is 0.849. The molecule has 20 heavy (non-hydrogen) atoms. The van der Waals surface area contributed by atoms with E-state index in [2.05, 4.69) is 23.4 Å². The fourth-order valence-corrected chi connectivity index (χ4v) is 2.40. The van der Waals surface area contributed by atoms with Crippen molar-refractivity contribution in [2.45, 2.75) is 18.9 Å². The summed E-state index contributed by atoms with van der Waals surface area (Å²) >= 11 is 0. The van der Waals surface area contributed by atoms with Gasteiger partial charge in [0.1, 0.15) is 11.9 Å². The lowest BCUT2D eigenvalue weighted by atomic mass is 10.0. The van der Waals surface area contributed by atoms with Crippen LogP contribution in [0, 0.1) is 0 Å². The number of rotatable bonds is 4. The molecule has 0 N–H and O–H groups in total. The summed E-state index contributed by atoms with van der Waals surface area (Å²) in [5.41, 5.74) is 3.37. The van der Waals surface area contributed by atoms with Gasteiger partial charge in [0.2, 0.25) is 0 Å². The Morgan fingerprint density at radius 3 is 2.80 bits per heavy atom. The van der Waals surface area contributed by atoms with Crippen LogP contribution in [0.25, 0.3) is 0 Å². The molecule has 0 saturated carbocycles. The van der Waals surface area contributed by atoms with E-state index >= 15 is 0 Å². The summed E-state index contributed by atoms with van der Waals surface area (Å²) in [6.07, 6.45) is 1.80. The number of ether oxygens (including phenoxy) is 1. The van der Waals surface area contributed by atoms with E-state index in [-0.39, 0.29) is 6.10 Å². The van der Waals surface area contributed by atoms with Crippen LogP contribution in [0.5, 0.6) is 5.75 Å². The van der Waals surface area contributed by atoms with Gasteiger partial charge in [-0.3, -0.25) is 0 Å². The number of benzene rings is 2. The highest BCUT2D eigenvalue weighted by atomic mass is 16.6. The van der Waals surface area contributed by atoms with Crippen LogP contribution >= 0.6 is 0 Å². The lowest BCUT2D eigenvalue weighted by Gasteiger charge is -2.09. The first kappa shape index (κ1) is 12.7. The maximum Gasteiger partial charge on any atom is 0.137 e. The molecular formula is C17H17NO2. The second-order valence-electron chi connectivity index (χ2n) is 4.89. The van der Waals surface area contributed by atoms with Crippen LogP contribution in [0.4, 0.5) is 0 Å². The third-order valence-corrected chi connectivity index (χ3v) is 3.44. The predicted molar refractivity (Wildman–Crippen MR) is 79.2 cm³/mol. The molecule has 0 bridgehead atoms. The largest absolute Gasteiger partial charge is 0.497 e. The van der Waals surface area contributed by atoms with Gasteiger partial charge in [-0.2, -0.15) is 0 Å². The third kappa shape index (κ3) is 2.82. The molecule has 2 aromatic rings. The molecule has 1 heterocycles. The highest BCUT2D eigenvalue weighted by Gasteiger charge is 2.22. The molecule has 0 saturated heterocycles. The molecule has 1 unspecified atom stereocenters. The van der Waals surface area contributed by atoms with Gasteiger partial charge in [0, 0.05) is 12.8 Å². The smallest absolute Gasteiger partial charge is 0.137 e. The van der Waals surface area contributed by atoms with Gasteiger partial charge in [0.15, 0.2) is 0 Å². The number of oxime groups is 1. The zero-order valence-electron chi connectivity index (χ0n) is 11.5. The Balaban J connectivity index is 1.64. The molecule has 1 aliphatic heterocycles. The maximum absolute atomic E-state index is 5.54. The SMILES string of the molecule is COc1cccc(CC2CC(c3ccccc3)=NO2)c1. The minimum Gasteiger partial charge on any atom is -0.497 e. The number of hydrogen-bond acceptors (Lipinski definition) is 3. The summed E-state index contributed by atoms with van der Waals surface area (Å²) in [7, 11) is 1.68. The van der Waals surface area contributed by atoms with Crippen molar-refractivity contribution in [1.82, 2.24) is 0 Å². The summed E-state index contributed by atoms with van der Waals surface area (Å²) in [4.78, 5) is 5.54. The van der Waals surface area contributed by atoms with Crippen LogP contribution in [0.1, 0.15) is 17.5 Å². The second kappa shape index (κ2) is 5.78. The molecule has 1 atom stereocenters. The van der Waals surface area contributed by atoms with Crippen molar-refractivity contribution in [3.05, 3.63) is 65.7 Å². The zero-order valence-corrected chi connectivity index (χ0v) is 11.5. The van der Waals surface area contributed by atoms with E-state index in [0.29, 0.717) is 0 Å². The van der Waals surface area contributed by atoms with Gasteiger partial charge >= 0.3 is 0 Å². The molecule has 0 fully saturated rings. The van der Waals surface area contributed by atoms with E-state index in [1.165, 1.54) is 5.56 Å². The van der Waals surface area contributed by atoms with Crippen LogP contribution < -0.4 is 4.74 Å². The van der Waals surface area contributed by atoms with Crippen LogP contribution in [0.15, 0.2) is 59.8 Å². The molecule has 0 aromatic heterocycles. The predicted octanol–water partition coefficient (Wildman–Crippen LogP) is 3.43. The van der Waals surface area contributed by atoms with Crippen molar-refractivity contribution >= 4 is 5.71 Å². The molecule has 102 valence electrons. The zero-order chi connectivity index (χ0) is 13.8. The average molecular weight is 267 g/mol. The van der Waals surface area contributed by atoms with Crippen molar-refractivity contribution in [1.29, 1.82) is 0 Å². The van der Waals surface area contributed by atoms with Crippen molar-refractivity contribution in [3.63, 3.8) is 0 Å². The van der Waals surface area contributed by atoms with Crippen LogP contribution in [0.3, 0.4) is 0 Å². The molecule has 3 nitrogen and oxygen atoms in total. The maximum atomic E-state index is 5.54. The highest BCUT2D eigenvalue weighted by molar-refractivity contribution is 6.01. The fraction of sp³-hybridized carbons (Fsp3) is 0.235. The topological polar surface area (TPSA) is 30.8 Å². The van der Waals surface area contributed by atoms with Gasteiger partial charge in [-0.05, 0) is 23.3 Å². The normalized spacial score (nSPS) is 17.4. The summed E-state index contributed by atoms with van der Waals surface area (Å²) in [6.45, 7) is 0. The van der Waals surface area contributed by atoms with E-state index in [1.807, 2.05) is 36.4 Å². The Kier molecular flexibility index (Phi) is 3.68. The second-order valence-corrected chi connectivity index (χ2v) is 4.89. The standard InChI is InChI=1S/C17H17NO2/c1-19-15-9-5-6-13(10-15)11-16-12-17(18-20-16)14-7-3-2-4-8-14/h2-10,16H,11-12H2,1H3. The summed E-state index contributed by atoms with van der Waals surface area (Å²) in [5, 5.41) is 4.21. The van der Waals surface area contributed by atoms with E-state index in [0.717, 1.165) is 29.9 Å². The molecule has 2 aromatic carbocycles. The summed E-state index contributed by atoms with van der Waals surface area (Å²) in [6, 6.07) is 18.3. The van der Waals surface area contributed by atoms with Crippen LogP contribution in [-0.2, 0) is 11.3 Å². The number of methoxy groups -OCH3 is 1. The Hall–Kier alpha value is -2.29.